The molecule has 2 N–H and O–H groups in total. The lowest BCUT2D eigenvalue weighted by molar-refractivity contribution is -0.126. The molecule has 0 bridgehead atoms. The second-order valence-corrected chi connectivity index (χ2v) is 12.8. The molecule has 1 heterocycles. The van der Waals surface area contributed by atoms with E-state index in [0.29, 0.717) is 32.0 Å². The molecule has 1 unspecified atom stereocenters. The minimum Gasteiger partial charge on any atom is -0.493 e. The van der Waals surface area contributed by atoms with Gasteiger partial charge in [0.2, 0.25) is 5.91 Å². The third-order valence-corrected chi connectivity index (χ3v) is 8.39. The van der Waals surface area contributed by atoms with E-state index in [1.807, 2.05) is 26.8 Å². The van der Waals surface area contributed by atoms with Crippen LogP contribution in [-0.2, 0) is 27.8 Å². The third-order valence-electron chi connectivity index (χ3n) is 8.39. The Hall–Kier alpha value is -3.80. The maximum absolute atomic E-state index is 13.5. The number of hydrogen-bond donors (Lipinski definition) is 2. The first-order chi connectivity index (χ1) is 20.2. The Morgan fingerprint density at radius 1 is 0.905 bits per heavy atom. The Labute approximate surface area is 250 Å². The minimum absolute atomic E-state index is 0.0739. The highest BCUT2D eigenvalue weighted by Gasteiger charge is 2.43. The van der Waals surface area contributed by atoms with Crippen LogP contribution in [0.15, 0.2) is 72.8 Å². The number of amides is 2. The van der Waals surface area contributed by atoms with E-state index in [0.717, 1.165) is 49.8 Å². The highest BCUT2D eigenvalue weighted by molar-refractivity contribution is 5.88. The van der Waals surface area contributed by atoms with E-state index >= 15 is 0 Å². The molecular weight excluding hydrogens is 524 g/mol. The van der Waals surface area contributed by atoms with Crippen LogP contribution >= 0.6 is 0 Å². The summed E-state index contributed by atoms with van der Waals surface area (Å²) in [7, 11) is 0. The van der Waals surface area contributed by atoms with Gasteiger partial charge in [-0.1, -0.05) is 79.6 Å². The van der Waals surface area contributed by atoms with Crippen LogP contribution in [0.2, 0.25) is 0 Å². The average molecular weight is 569 g/mol. The molecule has 5 rings (SSSR count). The Bertz CT molecular complexity index is 1360. The zero-order chi connectivity index (χ0) is 29.6. The number of hydrogen-bond acceptors (Lipinski definition) is 4. The Morgan fingerprint density at radius 3 is 2.31 bits per heavy atom. The van der Waals surface area contributed by atoms with Crippen LogP contribution in [0.4, 0.5) is 4.79 Å². The van der Waals surface area contributed by atoms with Gasteiger partial charge in [0.05, 0.1) is 12.0 Å². The summed E-state index contributed by atoms with van der Waals surface area (Å²) in [4.78, 5) is 25.4. The van der Waals surface area contributed by atoms with E-state index in [-0.39, 0.29) is 5.91 Å². The van der Waals surface area contributed by atoms with Crippen molar-refractivity contribution in [3.05, 3.63) is 89.5 Å². The molecule has 3 aromatic rings. The SMILES string of the molecule is CC(C)(C)OC(=O)NCCCNC(=O)C1(c2ccc3c(c2)OCC(Cc2ccc(-c4ccccc4)cc2)C3)CCCC1. The molecule has 1 atom stereocenters. The summed E-state index contributed by atoms with van der Waals surface area (Å²) in [6.07, 6.45) is 5.92. The maximum Gasteiger partial charge on any atom is 0.407 e. The standard InChI is InChI=1S/C36H44N2O4/c1-35(2,3)42-34(40)38-21-9-20-37-33(39)36(18-7-8-19-36)31-17-16-30-23-27(25-41-32(30)24-31)22-26-12-14-29(15-13-26)28-10-5-4-6-11-28/h4-6,10-17,24,27H,7-9,18-23,25H2,1-3H3,(H,37,39)(H,38,40). The lowest BCUT2D eigenvalue weighted by Crippen LogP contribution is -2.43. The molecule has 1 fully saturated rings. The molecular formula is C36H44N2O4. The normalized spacial score (nSPS) is 17.5. The van der Waals surface area contributed by atoms with Crippen molar-refractivity contribution in [1.29, 1.82) is 0 Å². The second kappa shape index (κ2) is 13.0. The molecule has 3 aromatic carbocycles. The van der Waals surface area contributed by atoms with Crippen molar-refractivity contribution in [2.24, 2.45) is 5.92 Å². The third kappa shape index (κ3) is 7.33. The van der Waals surface area contributed by atoms with Crippen LogP contribution in [0, 0.1) is 5.92 Å². The number of carbonyl (C=O) groups excluding carboxylic acids is 2. The average Bonchev–Trinajstić information content (AvgIpc) is 3.48. The summed E-state index contributed by atoms with van der Waals surface area (Å²) in [5, 5.41) is 5.90. The number of nitrogens with one attached hydrogen (secondary N) is 2. The Kier molecular flexibility index (Phi) is 9.20. The van der Waals surface area contributed by atoms with Crippen LogP contribution in [0.3, 0.4) is 0 Å². The fourth-order valence-corrected chi connectivity index (χ4v) is 6.25. The van der Waals surface area contributed by atoms with Gasteiger partial charge >= 0.3 is 6.09 Å². The summed E-state index contributed by atoms with van der Waals surface area (Å²) < 4.78 is 11.6. The molecule has 1 saturated carbocycles. The lowest BCUT2D eigenvalue weighted by Gasteiger charge is -2.31. The second-order valence-electron chi connectivity index (χ2n) is 12.8. The summed E-state index contributed by atoms with van der Waals surface area (Å²) in [5.41, 5.74) is 5.02. The molecule has 2 amide bonds. The van der Waals surface area contributed by atoms with Gasteiger partial charge in [-0.25, -0.2) is 4.79 Å². The molecule has 6 nitrogen and oxygen atoms in total. The van der Waals surface area contributed by atoms with Crippen LogP contribution in [-0.4, -0.2) is 37.3 Å². The van der Waals surface area contributed by atoms with E-state index in [4.69, 9.17) is 9.47 Å². The quantitative estimate of drug-likeness (QED) is 0.273. The van der Waals surface area contributed by atoms with Gasteiger partial charge in [-0.15, -0.1) is 0 Å². The van der Waals surface area contributed by atoms with Gasteiger partial charge < -0.3 is 20.1 Å². The lowest BCUT2D eigenvalue weighted by atomic mass is 9.77. The number of benzene rings is 3. The number of fused-ring (bicyclic) bond motifs is 1. The van der Waals surface area contributed by atoms with Crippen molar-refractivity contribution in [3.63, 3.8) is 0 Å². The number of rotatable bonds is 9. The first kappa shape index (κ1) is 29.7. The van der Waals surface area contributed by atoms with Crippen molar-refractivity contribution >= 4 is 12.0 Å². The van der Waals surface area contributed by atoms with Crippen LogP contribution < -0.4 is 15.4 Å². The van der Waals surface area contributed by atoms with Crippen LogP contribution in [0.1, 0.15) is 69.6 Å². The molecule has 1 aliphatic carbocycles. The van der Waals surface area contributed by atoms with Gasteiger partial charge in [-0.2, -0.15) is 0 Å². The van der Waals surface area contributed by atoms with E-state index in [2.05, 4.69) is 77.4 Å². The van der Waals surface area contributed by atoms with Gasteiger partial charge in [-0.05, 0) is 86.8 Å². The molecule has 222 valence electrons. The molecule has 0 spiro atoms. The fraction of sp³-hybridized carbons (Fsp3) is 0.444. The molecule has 0 saturated heterocycles. The zero-order valence-electron chi connectivity index (χ0n) is 25.2. The number of alkyl carbamates (subject to hydrolysis) is 1. The summed E-state index contributed by atoms with van der Waals surface area (Å²) in [6.45, 7) is 7.15. The van der Waals surface area contributed by atoms with Crippen molar-refractivity contribution in [2.75, 3.05) is 19.7 Å². The monoisotopic (exact) mass is 568 g/mol. The zero-order valence-corrected chi connectivity index (χ0v) is 25.2. The van der Waals surface area contributed by atoms with E-state index < -0.39 is 17.1 Å². The first-order valence-electron chi connectivity index (χ1n) is 15.4. The summed E-state index contributed by atoms with van der Waals surface area (Å²) in [6, 6.07) is 25.8. The fourth-order valence-electron chi connectivity index (χ4n) is 6.25. The minimum atomic E-state index is -0.526. The largest absolute Gasteiger partial charge is 0.493 e. The smallest absolute Gasteiger partial charge is 0.407 e. The Balaban J connectivity index is 1.16. The molecule has 0 aromatic heterocycles. The maximum atomic E-state index is 13.5. The highest BCUT2D eigenvalue weighted by atomic mass is 16.6. The van der Waals surface area contributed by atoms with Crippen molar-refractivity contribution < 1.29 is 19.1 Å². The number of ether oxygens (including phenoxy) is 2. The molecule has 2 aliphatic rings. The van der Waals surface area contributed by atoms with E-state index in [1.54, 1.807) is 0 Å². The van der Waals surface area contributed by atoms with Crippen molar-refractivity contribution in [1.82, 2.24) is 10.6 Å². The summed E-state index contributed by atoms with van der Waals surface area (Å²) in [5.74, 6) is 1.41. The first-order valence-corrected chi connectivity index (χ1v) is 15.4. The van der Waals surface area contributed by atoms with E-state index in [9.17, 15) is 9.59 Å². The van der Waals surface area contributed by atoms with Gasteiger partial charge in [-0.3, -0.25) is 4.79 Å². The van der Waals surface area contributed by atoms with Gasteiger partial charge in [0, 0.05) is 19.0 Å². The van der Waals surface area contributed by atoms with E-state index in [1.165, 1.54) is 22.3 Å². The highest BCUT2D eigenvalue weighted by Crippen LogP contribution is 2.43. The van der Waals surface area contributed by atoms with Crippen molar-refractivity contribution in [3.8, 4) is 16.9 Å². The molecule has 42 heavy (non-hydrogen) atoms. The van der Waals surface area contributed by atoms with Gasteiger partial charge in [0.15, 0.2) is 0 Å². The van der Waals surface area contributed by atoms with Gasteiger partial charge in [0.1, 0.15) is 11.4 Å². The predicted molar refractivity (Wildman–Crippen MR) is 167 cm³/mol. The molecule has 1 aliphatic heterocycles. The van der Waals surface area contributed by atoms with Crippen LogP contribution in [0.5, 0.6) is 5.75 Å². The Morgan fingerprint density at radius 2 is 1.60 bits per heavy atom. The topological polar surface area (TPSA) is 76.7 Å². The van der Waals surface area contributed by atoms with Crippen molar-refractivity contribution in [2.45, 2.75) is 76.7 Å². The molecule has 0 radical (unpaired) electrons. The predicted octanol–water partition coefficient (Wildman–Crippen LogP) is 6.99. The van der Waals surface area contributed by atoms with Crippen LogP contribution in [0.25, 0.3) is 11.1 Å². The number of carbonyl (C=O) groups is 2. The van der Waals surface area contributed by atoms with Gasteiger partial charge in [0.25, 0.3) is 0 Å². The molecule has 6 heteroatoms. The summed E-state index contributed by atoms with van der Waals surface area (Å²) >= 11 is 0.